The van der Waals surface area contributed by atoms with Crippen LogP contribution in [0, 0.1) is 40.4 Å². The molecule has 0 bridgehead atoms. The molecular formula is C22H21FeN6O2. The molecule has 159 valence electrons. The first-order chi connectivity index (χ1) is 14.8. The van der Waals surface area contributed by atoms with Gasteiger partial charge >= 0.3 is 17.1 Å². The van der Waals surface area contributed by atoms with Gasteiger partial charge in [-0.25, -0.2) is 0 Å². The van der Waals surface area contributed by atoms with Crippen LogP contribution in [0.2, 0.25) is 0 Å². The summed E-state index contributed by atoms with van der Waals surface area (Å²) in [6.07, 6.45) is 4.38. The molecule has 0 aliphatic carbocycles. The molecule has 0 unspecified atom stereocenters. The molecule has 1 radical (unpaired) electrons. The molecule has 0 saturated carbocycles. The average Bonchev–Trinajstić information content (AvgIpc) is 2.85. The fourth-order valence-electron chi connectivity index (χ4n) is 3.20. The molecule has 1 amide bonds. The Balaban J connectivity index is -0.000000785. The van der Waals surface area contributed by atoms with Crippen molar-refractivity contribution in [3.05, 3.63) is 101 Å². The second kappa shape index (κ2) is 21.0. The maximum atomic E-state index is 11.7. The van der Waals surface area contributed by atoms with Gasteiger partial charge in [0.15, 0.2) is 0 Å². The maximum Gasteiger partial charge on any atom is 5.00 e. The first kappa shape index (κ1) is 32.0. The number of carbonyl (C=O) groups is 1. The molecule has 8 nitrogen and oxygen atoms in total. The molecule has 1 aliphatic heterocycles. The zero-order valence-electron chi connectivity index (χ0n) is 16.8. The van der Waals surface area contributed by atoms with E-state index in [9.17, 15) is 4.79 Å². The predicted molar refractivity (Wildman–Crippen MR) is 112 cm³/mol. The van der Waals surface area contributed by atoms with E-state index in [1.165, 1.54) is 24.8 Å². The Bertz CT molecular complexity index is 788. The van der Waals surface area contributed by atoms with Gasteiger partial charge in [-0.3, -0.25) is 0 Å². The third kappa shape index (κ3) is 10.6. The largest absolute Gasteiger partial charge is 5.00 e. The van der Waals surface area contributed by atoms with Crippen LogP contribution in [-0.2, 0) is 23.5 Å². The van der Waals surface area contributed by atoms with Gasteiger partial charge in [-0.1, -0.05) is 42.5 Å². The molecule has 1 fully saturated rings. The summed E-state index contributed by atoms with van der Waals surface area (Å²) in [7, 11) is 0. The minimum atomic E-state index is -0.593. The van der Waals surface area contributed by atoms with Gasteiger partial charge in [-0.2, -0.15) is 0 Å². The number of rotatable bonds is 4. The molecule has 9 heteroatoms. The average molecular weight is 457 g/mol. The Morgan fingerprint density at radius 2 is 1.39 bits per heavy atom. The molecule has 0 aromatic heterocycles. The Morgan fingerprint density at radius 1 is 0.871 bits per heavy atom. The zero-order valence-corrected chi connectivity index (χ0v) is 17.9. The molecule has 0 atom stereocenters. The Hall–Kier alpha value is -3.70. The molecule has 1 heterocycles. The van der Waals surface area contributed by atoms with E-state index in [1.807, 2.05) is 24.3 Å². The summed E-state index contributed by atoms with van der Waals surface area (Å²) in [5, 5.41) is 18.8. The summed E-state index contributed by atoms with van der Waals surface area (Å²) >= 11 is 0. The Morgan fingerprint density at radius 3 is 1.87 bits per heavy atom. The number of nitroso groups, excluding NO2 is 1. The van der Waals surface area contributed by atoms with Gasteiger partial charge < -0.3 is 61.4 Å². The van der Waals surface area contributed by atoms with E-state index in [2.05, 4.69) is 23.1 Å². The van der Waals surface area contributed by atoms with Gasteiger partial charge in [-0.15, -0.1) is 0 Å². The van der Waals surface area contributed by atoms with Crippen molar-refractivity contribution < 1.29 is 21.9 Å². The molecule has 1 N–H and O–H groups in total. The van der Waals surface area contributed by atoms with Crippen molar-refractivity contribution >= 4 is 11.6 Å². The van der Waals surface area contributed by atoms with E-state index in [1.54, 1.807) is 6.07 Å². The van der Waals surface area contributed by atoms with Gasteiger partial charge in [-0.05, 0) is 36.5 Å². The van der Waals surface area contributed by atoms with E-state index in [-0.39, 0.29) is 17.1 Å². The van der Waals surface area contributed by atoms with Gasteiger partial charge in [0, 0.05) is 30.8 Å². The third-order valence-corrected chi connectivity index (χ3v) is 4.32. The first-order valence-electron chi connectivity index (χ1n) is 8.78. The fourth-order valence-corrected chi connectivity index (χ4v) is 3.20. The van der Waals surface area contributed by atoms with Crippen LogP contribution in [0.4, 0.5) is 5.69 Å². The smallest absolute Gasteiger partial charge is 0.664 e. The van der Waals surface area contributed by atoms with E-state index in [4.69, 9.17) is 51.7 Å². The van der Waals surface area contributed by atoms with Gasteiger partial charge in [0.1, 0.15) is 0 Å². The van der Waals surface area contributed by atoms with Crippen LogP contribution < -0.4 is 4.90 Å². The van der Waals surface area contributed by atoms with E-state index in [0.717, 1.165) is 24.3 Å². The predicted octanol–water partition coefficient (Wildman–Crippen LogP) is 5.07. The Kier molecular flexibility index (Phi) is 21.7. The molecule has 2 aromatic rings. The topological polar surface area (TPSA) is 155 Å². The number of hydrogen-bond acceptors (Lipinski definition) is 6. The molecule has 0 spiro atoms. The number of hydrogen-bond donors (Lipinski definition) is 0. The van der Waals surface area contributed by atoms with Crippen LogP contribution in [-0.4, -0.2) is 19.0 Å². The number of benzene rings is 2. The Labute approximate surface area is 194 Å². The van der Waals surface area contributed by atoms with Crippen LogP contribution in [0.1, 0.15) is 40.7 Å². The number of carbonyl (C=O) groups excluding carboxylic acids is 1. The first-order valence-corrected chi connectivity index (χ1v) is 8.78. The van der Waals surface area contributed by atoms with Crippen LogP contribution >= 0.6 is 0 Å². The van der Waals surface area contributed by atoms with Crippen molar-refractivity contribution in [3.63, 3.8) is 0 Å². The van der Waals surface area contributed by atoms with Gasteiger partial charge in [0.25, 0.3) is 0 Å². The molecule has 31 heavy (non-hydrogen) atoms. The van der Waals surface area contributed by atoms with E-state index < -0.39 is 5.91 Å². The van der Waals surface area contributed by atoms with Crippen LogP contribution in [0.3, 0.4) is 0 Å². The monoisotopic (exact) mass is 457 g/mol. The number of amides is 1. The molecular weight excluding hydrogens is 436 g/mol. The maximum absolute atomic E-state index is 11.7. The number of piperidine rings is 1. The SMILES string of the molecule is [C-]#N.[C-]#N.[C-]#N.[Fe+5].[N-]=O.[NH-]C(=O)c1cccc(N2CCCCC2)c1Cc1ccccc1. The van der Waals surface area contributed by atoms with Crippen LogP contribution in [0.15, 0.2) is 48.5 Å². The van der Waals surface area contributed by atoms with Gasteiger partial charge in [0.2, 0.25) is 0 Å². The zero-order chi connectivity index (χ0) is 23.4. The quantitative estimate of drug-likeness (QED) is 0.461. The van der Waals surface area contributed by atoms with Crippen molar-refractivity contribution in [2.24, 2.45) is 0 Å². The second-order valence-corrected chi connectivity index (χ2v) is 5.84. The molecule has 1 saturated heterocycles. The summed E-state index contributed by atoms with van der Waals surface area (Å²) in [4.78, 5) is 21.4. The van der Waals surface area contributed by atoms with E-state index >= 15 is 0 Å². The summed E-state index contributed by atoms with van der Waals surface area (Å²) in [6, 6.07) is 16.0. The molecule has 1 aliphatic rings. The summed E-state index contributed by atoms with van der Waals surface area (Å²) < 4.78 is 0. The fraction of sp³-hybridized carbons (Fsp3) is 0.273. The molecule has 3 rings (SSSR count). The van der Waals surface area contributed by atoms with Crippen molar-refractivity contribution in [1.82, 2.24) is 0 Å². The van der Waals surface area contributed by atoms with Crippen LogP contribution in [0.25, 0.3) is 11.3 Å². The standard InChI is InChI=1S/C19H22N2O.3CN.Fe.NO/c20-19(22)16-10-7-11-18(21-12-5-2-6-13-21)17(16)14-15-8-3-1-4-9-15;3*1-2;;1-2/h1,3-4,7-11H,2,5-6,12-14H2,(H2,20,22);;;;;/q;3*-1;+5;-1/p-1. The van der Waals surface area contributed by atoms with Crippen molar-refractivity contribution in [1.29, 1.82) is 15.8 Å². The minimum Gasteiger partial charge on any atom is -0.664 e. The van der Waals surface area contributed by atoms with E-state index in [0.29, 0.717) is 12.0 Å². The van der Waals surface area contributed by atoms with Crippen molar-refractivity contribution in [2.45, 2.75) is 25.7 Å². The number of anilines is 1. The minimum absolute atomic E-state index is 0. The number of nitrogens with one attached hydrogen (secondary N) is 1. The van der Waals surface area contributed by atoms with Crippen LogP contribution in [0.5, 0.6) is 0 Å². The number of nitrogens with zero attached hydrogens (tertiary/aromatic N) is 5. The van der Waals surface area contributed by atoms with Crippen molar-refractivity contribution in [2.75, 3.05) is 18.0 Å². The molecule has 2 aromatic carbocycles. The van der Waals surface area contributed by atoms with Crippen molar-refractivity contribution in [3.8, 4) is 0 Å². The van der Waals surface area contributed by atoms with Gasteiger partial charge in [0.05, 0.1) is 5.91 Å². The summed E-state index contributed by atoms with van der Waals surface area (Å²) in [6.45, 7) is 16.3. The summed E-state index contributed by atoms with van der Waals surface area (Å²) in [5.74, 6) is -0.593. The normalized spacial score (nSPS) is 10.8. The second-order valence-electron chi connectivity index (χ2n) is 5.84. The third-order valence-electron chi connectivity index (χ3n) is 4.32. The summed E-state index contributed by atoms with van der Waals surface area (Å²) in [5.41, 5.74) is 17.2.